The van der Waals surface area contributed by atoms with Crippen LogP contribution in [-0.2, 0) is 19.2 Å². The fourth-order valence-corrected chi connectivity index (χ4v) is 3.26. The van der Waals surface area contributed by atoms with Crippen LogP contribution >= 0.6 is 0 Å². The normalized spacial score (nSPS) is 18.6. The molecular formula is C20H14N2O5. The van der Waals surface area contributed by atoms with Crippen LogP contribution in [0.15, 0.2) is 54.1 Å². The second-order valence-electron chi connectivity index (χ2n) is 6.15. The Morgan fingerprint density at radius 1 is 1.04 bits per heavy atom. The lowest BCUT2D eigenvalue weighted by molar-refractivity contribution is -0.132. The molecule has 0 spiro atoms. The van der Waals surface area contributed by atoms with Crippen LogP contribution in [-0.4, -0.2) is 23.7 Å². The van der Waals surface area contributed by atoms with Crippen molar-refractivity contribution in [1.29, 1.82) is 0 Å². The molecule has 2 aliphatic heterocycles. The van der Waals surface area contributed by atoms with Gasteiger partial charge in [-0.3, -0.25) is 19.2 Å². The Morgan fingerprint density at radius 2 is 1.74 bits per heavy atom. The van der Waals surface area contributed by atoms with Crippen LogP contribution in [0.4, 0.5) is 11.4 Å². The average Bonchev–Trinajstić information content (AvgIpc) is 3.10. The predicted octanol–water partition coefficient (Wildman–Crippen LogP) is 2.28. The smallest absolute Gasteiger partial charge is 0.308 e. The first-order valence-electron chi connectivity index (χ1n) is 8.25. The summed E-state index contributed by atoms with van der Waals surface area (Å²) < 4.78 is 4.95. The van der Waals surface area contributed by atoms with Gasteiger partial charge in [0.05, 0.1) is 17.7 Å². The van der Waals surface area contributed by atoms with Gasteiger partial charge in [0.1, 0.15) is 5.75 Å². The molecule has 27 heavy (non-hydrogen) atoms. The van der Waals surface area contributed by atoms with Gasteiger partial charge < -0.3 is 10.1 Å². The van der Waals surface area contributed by atoms with E-state index in [2.05, 4.69) is 5.32 Å². The zero-order chi connectivity index (χ0) is 19.1. The van der Waals surface area contributed by atoms with Crippen LogP contribution in [0.5, 0.6) is 5.75 Å². The molecule has 4 rings (SSSR count). The van der Waals surface area contributed by atoms with Crippen LogP contribution < -0.4 is 15.0 Å². The molecular weight excluding hydrogens is 348 g/mol. The lowest BCUT2D eigenvalue weighted by Gasteiger charge is -2.14. The quantitative estimate of drug-likeness (QED) is 0.383. The van der Waals surface area contributed by atoms with Gasteiger partial charge in [0.25, 0.3) is 11.8 Å². The maximum Gasteiger partial charge on any atom is 0.308 e. The van der Waals surface area contributed by atoms with E-state index < -0.39 is 17.8 Å². The summed E-state index contributed by atoms with van der Waals surface area (Å²) in [7, 11) is 0. The number of nitrogens with zero attached hydrogens (tertiary/aromatic N) is 1. The van der Waals surface area contributed by atoms with Gasteiger partial charge in [-0.2, -0.15) is 0 Å². The van der Waals surface area contributed by atoms with E-state index in [1.807, 2.05) is 0 Å². The summed E-state index contributed by atoms with van der Waals surface area (Å²) in [5, 5.41) is 2.71. The Bertz CT molecular complexity index is 1040. The number of benzene rings is 2. The highest BCUT2D eigenvalue weighted by molar-refractivity contribution is 6.40. The van der Waals surface area contributed by atoms with Gasteiger partial charge in [-0.1, -0.05) is 18.2 Å². The number of imide groups is 1. The van der Waals surface area contributed by atoms with E-state index in [1.54, 1.807) is 24.3 Å². The number of nitrogens with one attached hydrogen (secondary N) is 1. The third-order valence-electron chi connectivity index (χ3n) is 4.37. The van der Waals surface area contributed by atoms with Crippen molar-refractivity contribution in [1.82, 2.24) is 0 Å². The Morgan fingerprint density at radius 3 is 2.44 bits per heavy atom. The van der Waals surface area contributed by atoms with Crippen molar-refractivity contribution in [2.45, 2.75) is 13.3 Å². The highest BCUT2D eigenvalue weighted by Crippen LogP contribution is 2.38. The molecule has 1 saturated heterocycles. The summed E-state index contributed by atoms with van der Waals surface area (Å²) in [6.45, 7) is 1.28. The van der Waals surface area contributed by atoms with E-state index in [0.29, 0.717) is 22.7 Å². The molecule has 2 aliphatic rings. The Kier molecular flexibility index (Phi) is 3.84. The molecule has 1 fully saturated rings. The first kappa shape index (κ1) is 16.7. The number of hydrogen-bond donors (Lipinski definition) is 1. The molecule has 134 valence electrons. The van der Waals surface area contributed by atoms with Crippen molar-refractivity contribution in [2.24, 2.45) is 0 Å². The van der Waals surface area contributed by atoms with Gasteiger partial charge in [-0.25, -0.2) is 4.90 Å². The molecule has 0 bridgehead atoms. The SMILES string of the molecule is CC(=O)Oc1ccc(N2C(=O)C/C(=C3/C(=O)Nc4ccccc43)C2=O)cc1. The van der Waals surface area contributed by atoms with E-state index in [9.17, 15) is 19.2 Å². The van der Waals surface area contributed by atoms with Crippen molar-refractivity contribution in [2.75, 3.05) is 10.2 Å². The van der Waals surface area contributed by atoms with Crippen molar-refractivity contribution >= 4 is 40.6 Å². The van der Waals surface area contributed by atoms with Gasteiger partial charge in [0, 0.05) is 23.7 Å². The standard InChI is InChI=1S/C20H14N2O5/c1-11(23)27-13-8-6-12(7-9-13)22-17(24)10-15(20(22)26)18-14-4-2-3-5-16(14)21-19(18)25/h2-9H,10H2,1H3,(H,21,25)/b18-15-. The van der Waals surface area contributed by atoms with Crippen molar-refractivity contribution in [3.05, 3.63) is 59.7 Å². The average molecular weight is 362 g/mol. The van der Waals surface area contributed by atoms with Crippen molar-refractivity contribution in [3.63, 3.8) is 0 Å². The second-order valence-corrected chi connectivity index (χ2v) is 6.15. The molecule has 2 heterocycles. The minimum absolute atomic E-state index is 0.151. The third kappa shape index (κ3) is 2.79. The van der Waals surface area contributed by atoms with Crippen LogP contribution in [0.1, 0.15) is 18.9 Å². The molecule has 3 amide bonds. The zero-order valence-corrected chi connectivity index (χ0v) is 14.3. The Labute approximate surface area is 154 Å². The van der Waals surface area contributed by atoms with Crippen molar-refractivity contribution in [3.8, 4) is 5.75 Å². The van der Waals surface area contributed by atoms with Crippen LogP contribution in [0, 0.1) is 0 Å². The molecule has 2 aromatic rings. The summed E-state index contributed by atoms with van der Waals surface area (Å²) in [5.74, 6) is -1.48. The number of ether oxygens (including phenoxy) is 1. The fourth-order valence-electron chi connectivity index (χ4n) is 3.26. The monoisotopic (exact) mass is 362 g/mol. The van der Waals surface area contributed by atoms with E-state index in [0.717, 1.165) is 4.90 Å². The Balaban J connectivity index is 1.71. The number of carbonyl (C=O) groups excluding carboxylic acids is 4. The minimum atomic E-state index is -0.526. The lowest BCUT2D eigenvalue weighted by Crippen LogP contribution is -2.29. The Hall–Kier alpha value is -3.74. The van der Waals surface area contributed by atoms with Gasteiger partial charge in [0.15, 0.2) is 0 Å². The molecule has 0 saturated carbocycles. The largest absolute Gasteiger partial charge is 0.427 e. The summed E-state index contributed by atoms with van der Waals surface area (Å²) in [4.78, 5) is 49.8. The number of para-hydroxylation sites is 1. The van der Waals surface area contributed by atoms with Gasteiger partial charge in [-0.05, 0) is 30.3 Å². The number of hydrogen-bond acceptors (Lipinski definition) is 5. The van der Waals surface area contributed by atoms with E-state index in [4.69, 9.17) is 4.74 Å². The summed E-state index contributed by atoms with van der Waals surface area (Å²) in [5.41, 5.74) is 2.00. The minimum Gasteiger partial charge on any atom is -0.427 e. The maximum absolute atomic E-state index is 12.9. The molecule has 0 unspecified atom stereocenters. The van der Waals surface area contributed by atoms with Crippen LogP contribution in [0.2, 0.25) is 0 Å². The third-order valence-corrected chi connectivity index (χ3v) is 4.37. The van der Waals surface area contributed by atoms with E-state index >= 15 is 0 Å². The molecule has 1 N–H and O–H groups in total. The number of anilines is 2. The number of fused-ring (bicyclic) bond motifs is 1. The molecule has 7 nitrogen and oxygen atoms in total. The number of carbonyl (C=O) groups is 4. The fraction of sp³-hybridized carbons (Fsp3) is 0.100. The summed E-state index contributed by atoms with van der Waals surface area (Å²) >= 11 is 0. The molecule has 7 heteroatoms. The van der Waals surface area contributed by atoms with Gasteiger partial charge >= 0.3 is 5.97 Å². The number of rotatable bonds is 2. The molecule has 0 aliphatic carbocycles. The molecule has 0 atom stereocenters. The topological polar surface area (TPSA) is 92.8 Å². The van der Waals surface area contributed by atoms with Gasteiger partial charge in [0.2, 0.25) is 5.91 Å². The zero-order valence-electron chi connectivity index (χ0n) is 14.3. The second kappa shape index (κ2) is 6.21. The first-order chi connectivity index (χ1) is 13.0. The van der Waals surface area contributed by atoms with Crippen LogP contribution in [0.25, 0.3) is 5.57 Å². The number of esters is 1. The van der Waals surface area contributed by atoms with Crippen molar-refractivity contribution < 1.29 is 23.9 Å². The molecule has 0 aromatic heterocycles. The number of amides is 3. The summed E-state index contributed by atoms with van der Waals surface area (Å²) in [6.07, 6.45) is -0.151. The lowest BCUT2D eigenvalue weighted by atomic mass is 10.00. The highest BCUT2D eigenvalue weighted by atomic mass is 16.5. The maximum atomic E-state index is 12.9. The molecule has 2 aromatic carbocycles. The van der Waals surface area contributed by atoms with Crippen LogP contribution in [0.3, 0.4) is 0 Å². The predicted molar refractivity (Wildman–Crippen MR) is 96.9 cm³/mol. The highest BCUT2D eigenvalue weighted by Gasteiger charge is 2.40. The molecule has 0 radical (unpaired) electrons. The van der Waals surface area contributed by atoms with E-state index in [1.165, 1.54) is 31.2 Å². The first-order valence-corrected chi connectivity index (χ1v) is 8.25. The van der Waals surface area contributed by atoms with E-state index in [-0.39, 0.29) is 23.5 Å². The summed E-state index contributed by atoms with van der Waals surface area (Å²) in [6, 6.07) is 13.1. The van der Waals surface area contributed by atoms with Gasteiger partial charge in [-0.15, -0.1) is 0 Å².